The molecule has 2 heterocycles. The second-order valence-electron chi connectivity index (χ2n) is 7.74. The quantitative estimate of drug-likeness (QED) is 0.471. The molecule has 7 heteroatoms. The maximum Gasteiger partial charge on any atom is 0.326 e. The van der Waals surface area contributed by atoms with Gasteiger partial charge in [-0.1, -0.05) is 30.3 Å². The number of nitrogens with zero attached hydrogens (tertiary/aromatic N) is 2. The van der Waals surface area contributed by atoms with Crippen molar-refractivity contribution in [2.24, 2.45) is 0 Å². The number of fused-ring (bicyclic) bond motifs is 2. The fourth-order valence-electron chi connectivity index (χ4n) is 3.97. The summed E-state index contributed by atoms with van der Waals surface area (Å²) in [4.78, 5) is 30.5. The fraction of sp³-hybridized carbons (Fsp3) is 0.115. The van der Waals surface area contributed by atoms with E-state index in [0.717, 1.165) is 34.1 Å². The van der Waals surface area contributed by atoms with Crippen molar-refractivity contribution < 1.29 is 14.3 Å². The third-order valence-electron chi connectivity index (χ3n) is 5.62. The van der Waals surface area contributed by atoms with Crippen LogP contribution in [0, 0.1) is 0 Å². The van der Waals surface area contributed by atoms with Crippen molar-refractivity contribution in [1.82, 2.24) is 10.3 Å². The molecule has 0 radical (unpaired) electrons. The van der Waals surface area contributed by atoms with Crippen LogP contribution in [0.2, 0.25) is 0 Å². The Hall–Kier alpha value is -4.39. The summed E-state index contributed by atoms with van der Waals surface area (Å²) in [6.45, 7) is 0.592. The fourth-order valence-corrected chi connectivity index (χ4v) is 3.97. The third kappa shape index (κ3) is 4.21. The molecule has 5 rings (SSSR count). The molecule has 0 saturated heterocycles. The minimum absolute atomic E-state index is 0.165. The number of hydrogen-bond acceptors (Lipinski definition) is 4. The number of pyridine rings is 1. The molecule has 0 aliphatic carbocycles. The van der Waals surface area contributed by atoms with Gasteiger partial charge in [0.2, 0.25) is 0 Å². The van der Waals surface area contributed by atoms with Crippen LogP contribution in [0.25, 0.3) is 10.8 Å². The summed E-state index contributed by atoms with van der Waals surface area (Å²) in [5, 5.41) is 7.76. The first-order valence-corrected chi connectivity index (χ1v) is 10.7. The number of carbonyl (C=O) groups is 2. The lowest BCUT2D eigenvalue weighted by Gasteiger charge is -2.18. The van der Waals surface area contributed by atoms with Gasteiger partial charge < -0.3 is 15.4 Å². The monoisotopic (exact) mass is 438 g/mol. The second kappa shape index (κ2) is 8.63. The summed E-state index contributed by atoms with van der Waals surface area (Å²) < 4.78 is 5.93. The zero-order valence-corrected chi connectivity index (χ0v) is 18.0. The van der Waals surface area contributed by atoms with Gasteiger partial charge in [0.25, 0.3) is 5.91 Å². The molecule has 164 valence electrons. The Bertz CT molecular complexity index is 1370. The van der Waals surface area contributed by atoms with Crippen LogP contribution in [0.3, 0.4) is 0 Å². The van der Waals surface area contributed by atoms with Crippen molar-refractivity contribution in [3.05, 3.63) is 90.3 Å². The van der Waals surface area contributed by atoms with Gasteiger partial charge in [0.15, 0.2) is 0 Å². The van der Waals surface area contributed by atoms with Gasteiger partial charge in [-0.2, -0.15) is 0 Å². The Kier molecular flexibility index (Phi) is 5.36. The Balaban J connectivity index is 1.31. The molecule has 1 aromatic heterocycles. The zero-order chi connectivity index (χ0) is 22.8. The Labute approximate surface area is 191 Å². The van der Waals surface area contributed by atoms with Crippen LogP contribution in [0.1, 0.15) is 16.1 Å². The molecule has 7 nitrogen and oxygen atoms in total. The van der Waals surface area contributed by atoms with Crippen molar-refractivity contribution in [3.8, 4) is 11.5 Å². The molecule has 0 bridgehead atoms. The molecule has 0 fully saturated rings. The molecule has 3 aromatic carbocycles. The van der Waals surface area contributed by atoms with Crippen LogP contribution < -0.4 is 20.3 Å². The molecule has 2 N–H and O–H groups in total. The highest BCUT2D eigenvalue weighted by molar-refractivity contribution is 6.04. The van der Waals surface area contributed by atoms with E-state index in [1.807, 2.05) is 60.7 Å². The minimum Gasteiger partial charge on any atom is -0.457 e. The summed E-state index contributed by atoms with van der Waals surface area (Å²) in [7, 11) is 1.56. The zero-order valence-electron chi connectivity index (χ0n) is 18.0. The highest BCUT2D eigenvalue weighted by Crippen LogP contribution is 2.33. The topological polar surface area (TPSA) is 83.6 Å². The Morgan fingerprint density at radius 1 is 0.939 bits per heavy atom. The highest BCUT2D eigenvalue weighted by Gasteiger charge is 2.25. The summed E-state index contributed by atoms with van der Waals surface area (Å²) in [5.41, 5.74) is 2.94. The maximum absolute atomic E-state index is 13.0. The number of carbonyl (C=O) groups excluding carboxylic acids is 2. The number of ether oxygens (including phenoxy) is 1. The summed E-state index contributed by atoms with van der Waals surface area (Å²) in [6, 6.07) is 22.7. The van der Waals surface area contributed by atoms with Crippen LogP contribution in [-0.4, -0.2) is 30.5 Å². The smallest absolute Gasteiger partial charge is 0.326 e. The van der Waals surface area contributed by atoms with Crippen LogP contribution in [0.4, 0.5) is 16.2 Å². The number of hydrogen-bond donors (Lipinski definition) is 2. The molecule has 0 atom stereocenters. The van der Waals surface area contributed by atoms with Gasteiger partial charge >= 0.3 is 6.03 Å². The molecule has 0 unspecified atom stereocenters. The number of amides is 3. The van der Waals surface area contributed by atoms with E-state index in [9.17, 15) is 9.59 Å². The molecular formula is C26H22N4O3. The van der Waals surface area contributed by atoms with Gasteiger partial charge in [-0.3, -0.25) is 14.7 Å². The van der Waals surface area contributed by atoms with Gasteiger partial charge in [0.05, 0.1) is 0 Å². The predicted octanol–water partition coefficient (Wildman–Crippen LogP) is 4.98. The average molecular weight is 438 g/mol. The molecule has 0 spiro atoms. The van der Waals surface area contributed by atoms with Crippen molar-refractivity contribution >= 4 is 34.1 Å². The van der Waals surface area contributed by atoms with E-state index in [1.165, 1.54) is 6.20 Å². The lowest BCUT2D eigenvalue weighted by atomic mass is 10.1. The molecule has 4 aromatic rings. The van der Waals surface area contributed by atoms with Crippen LogP contribution in [0.15, 0.2) is 79.0 Å². The van der Waals surface area contributed by atoms with E-state index in [-0.39, 0.29) is 17.6 Å². The van der Waals surface area contributed by atoms with E-state index in [0.29, 0.717) is 18.0 Å². The molecular weight excluding hydrogens is 416 g/mol. The first-order valence-electron chi connectivity index (χ1n) is 10.7. The van der Waals surface area contributed by atoms with Crippen molar-refractivity contribution in [1.29, 1.82) is 0 Å². The van der Waals surface area contributed by atoms with E-state index in [4.69, 9.17) is 4.74 Å². The Morgan fingerprint density at radius 2 is 1.76 bits per heavy atom. The minimum atomic E-state index is -0.275. The van der Waals surface area contributed by atoms with Crippen molar-refractivity contribution in [3.63, 3.8) is 0 Å². The third-order valence-corrected chi connectivity index (χ3v) is 5.62. The number of rotatable bonds is 4. The van der Waals surface area contributed by atoms with Crippen molar-refractivity contribution in [2.45, 2.75) is 6.42 Å². The van der Waals surface area contributed by atoms with E-state index in [1.54, 1.807) is 24.1 Å². The number of aromatic nitrogens is 1. The molecule has 3 amide bonds. The summed E-state index contributed by atoms with van der Waals surface area (Å²) >= 11 is 0. The van der Waals surface area contributed by atoms with Crippen molar-refractivity contribution in [2.75, 3.05) is 23.8 Å². The summed E-state index contributed by atoms with van der Waals surface area (Å²) in [6.07, 6.45) is 2.27. The van der Waals surface area contributed by atoms with Crippen LogP contribution >= 0.6 is 0 Å². The first kappa shape index (κ1) is 20.5. The van der Waals surface area contributed by atoms with E-state index >= 15 is 0 Å². The number of anilines is 2. The molecule has 33 heavy (non-hydrogen) atoms. The number of nitrogens with one attached hydrogen (secondary N) is 2. The molecule has 1 aliphatic heterocycles. The normalized spacial score (nSPS) is 12.3. The van der Waals surface area contributed by atoms with Gasteiger partial charge in [-0.05, 0) is 59.2 Å². The van der Waals surface area contributed by atoms with Crippen LogP contribution in [-0.2, 0) is 6.42 Å². The first-order chi connectivity index (χ1) is 16.1. The van der Waals surface area contributed by atoms with E-state index < -0.39 is 0 Å². The standard InChI is InChI=1S/C26H22N4O3/c1-27-25(31)23-16-22(10-12-28-23)33-21-8-9-24-19(15-21)11-13-30(24)26(32)29-20-7-6-17-4-2-3-5-18(17)14-20/h2-10,12,14-16H,11,13H2,1H3,(H,27,31)(H,29,32). The van der Waals surface area contributed by atoms with Gasteiger partial charge in [-0.25, -0.2) is 4.79 Å². The highest BCUT2D eigenvalue weighted by atomic mass is 16.5. The van der Waals surface area contributed by atoms with Gasteiger partial charge in [-0.15, -0.1) is 0 Å². The Morgan fingerprint density at radius 3 is 2.61 bits per heavy atom. The lowest BCUT2D eigenvalue weighted by molar-refractivity contribution is 0.0958. The predicted molar refractivity (Wildman–Crippen MR) is 128 cm³/mol. The van der Waals surface area contributed by atoms with Gasteiger partial charge in [0.1, 0.15) is 17.2 Å². The molecule has 0 saturated carbocycles. The lowest BCUT2D eigenvalue weighted by Crippen LogP contribution is -2.33. The average Bonchev–Trinajstić information content (AvgIpc) is 3.27. The molecule has 1 aliphatic rings. The number of urea groups is 1. The van der Waals surface area contributed by atoms with Gasteiger partial charge in [0, 0.05) is 37.2 Å². The largest absolute Gasteiger partial charge is 0.457 e. The second-order valence-corrected chi connectivity index (χ2v) is 7.74. The SMILES string of the molecule is CNC(=O)c1cc(Oc2ccc3c(c2)CCN3C(=O)Nc2ccc3ccccc3c2)ccn1. The maximum atomic E-state index is 13.0. The number of benzene rings is 3. The van der Waals surface area contributed by atoms with Crippen LogP contribution in [0.5, 0.6) is 11.5 Å². The van der Waals surface area contributed by atoms with E-state index in [2.05, 4.69) is 15.6 Å². The summed E-state index contributed by atoms with van der Waals surface area (Å²) in [5.74, 6) is 0.884.